The number of nitrogens with zero attached hydrogens (tertiary/aromatic N) is 1. The smallest absolute Gasteiger partial charge is 0.138 e. The molecule has 0 radical (unpaired) electrons. The van der Waals surface area contributed by atoms with E-state index < -0.39 is 0 Å². The summed E-state index contributed by atoms with van der Waals surface area (Å²) in [5, 5.41) is 8.13. The lowest BCUT2D eigenvalue weighted by atomic mass is 10.0. The molecule has 0 spiro atoms. The van der Waals surface area contributed by atoms with Crippen LogP contribution in [0.15, 0.2) is 48.5 Å². The summed E-state index contributed by atoms with van der Waals surface area (Å²) in [6.45, 7) is 8.35. The highest BCUT2D eigenvalue weighted by Gasteiger charge is 2.10. The molecular weight excluding hydrogens is 332 g/mol. The van der Waals surface area contributed by atoms with Crippen molar-refractivity contribution in [3.8, 4) is 28.3 Å². The molecule has 3 aromatic rings. The van der Waals surface area contributed by atoms with Gasteiger partial charge in [-0.2, -0.15) is 5.10 Å². The van der Waals surface area contributed by atoms with Crippen LogP contribution in [0.2, 0.25) is 5.02 Å². The van der Waals surface area contributed by atoms with Crippen LogP contribution in [0.1, 0.15) is 39.2 Å². The van der Waals surface area contributed by atoms with Crippen molar-refractivity contribution in [2.24, 2.45) is 0 Å². The van der Waals surface area contributed by atoms with Gasteiger partial charge in [0.1, 0.15) is 5.75 Å². The number of halogens is 1. The SMILES string of the molecule is CC(C)Oc1ccc(-c2cc(-c3ccc(C(C)C)cc3)[nH]n2)cc1Cl. The zero-order valence-corrected chi connectivity index (χ0v) is 15.8. The Bertz CT molecular complexity index is 851. The molecule has 1 N–H and O–H groups in total. The molecule has 25 heavy (non-hydrogen) atoms. The highest BCUT2D eigenvalue weighted by molar-refractivity contribution is 6.32. The number of aromatic amines is 1. The molecule has 3 nitrogen and oxygen atoms in total. The first kappa shape index (κ1) is 17.6. The maximum atomic E-state index is 6.33. The Kier molecular flexibility index (Phi) is 5.14. The molecule has 0 fully saturated rings. The molecule has 0 saturated carbocycles. The van der Waals surface area contributed by atoms with Gasteiger partial charge in [-0.05, 0) is 55.2 Å². The Hall–Kier alpha value is -2.26. The molecule has 130 valence electrons. The van der Waals surface area contributed by atoms with Gasteiger partial charge in [0.25, 0.3) is 0 Å². The fourth-order valence-electron chi connectivity index (χ4n) is 2.67. The summed E-state index contributed by atoms with van der Waals surface area (Å²) in [7, 11) is 0. The van der Waals surface area contributed by atoms with Crippen molar-refractivity contribution >= 4 is 11.6 Å². The van der Waals surface area contributed by atoms with E-state index >= 15 is 0 Å². The third-order valence-electron chi connectivity index (χ3n) is 4.06. The average molecular weight is 355 g/mol. The minimum atomic E-state index is 0.0918. The predicted molar refractivity (Wildman–Crippen MR) is 104 cm³/mol. The standard InChI is InChI=1S/C21H23ClN2O/c1-13(2)15-5-7-16(8-6-15)19-12-20(24-23-19)17-9-10-21(18(22)11-17)25-14(3)4/h5-14H,1-4H3,(H,23,24). The van der Waals surface area contributed by atoms with E-state index in [1.54, 1.807) is 0 Å². The molecule has 0 bridgehead atoms. The summed E-state index contributed by atoms with van der Waals surface area (Å²) in [5.74, 6) is 1.22. The van der Waals surface area contributed by atoms with Gasteiger partial charge in [-0.25, -0.2) is 0 Å². The zero-order chi connectivity index (χ0) is 18.0. The van der Waals surface area contributed by atoms with Crippen LogP contribution in [-0.2, 0) is 0 Å². The Balaban J connectivity index is 1.85. The highest BCUT2D eigenvalue weighted by Crippen LogP contribution is 2.32. The van der Waals surface area contributed by atoms with E-state index in [0.29, 0.717) is 16.7 Å². The predicted octanol–water partition coefficient (Wildman–Crippen LogP) is 6.31. The average Bonchev–Trinajstić information content (AvgIpc) is 3.06. The summed E-state index contributed by atoms with van der Waals surface area (Å²) in [4.78, 5) is 0. The van der Waals surface area contributed by atoms with Gasteiger partial charge in [0.05, 0.1) is 22.5 Å². The Morgan fingerprint density at radius 2 is 1.60 bits per heavy atom. The Labute approximate surface area is 154 Å². The molecule has 1 heterocycles. The van der Waals surface area contributed by atoms with E-state index in [1.807, 2.05) is 38.1 Å². The molecule has 0 atom stereocenters. The maximum Gasteiger partial charge on any atom is 0.138 e. The lowest BCUT2D eigenvalue weighted by Crippen LogP contribution is -2.05. The quantitative estimate of drug-likeness (QED) is 0.583. The molecule has 0 saturated heterocycles. The second kappa shape index (κ2) is 7.32. The fourth-order valence-corrected chi connectivity index (χ4v) is 2.90. The number of nitrogens with one attached hydrogen (secondary N) is 1. The van der Waals surface area contributed by atoms with Crippen LogP contribution in [0.5, 0.6) is 5.75 Å². The van der Waals surface area contributed by atoms with Gasteiger partial charge < -0.3 is 4.74 Å². The van der Waals surface area contributed by atoms with Gasteiger partial charge in [-0.15, -0.1) is 0 Å². The van der Waals surface area contributed by atoms with Gasteiger partial charge in [0.2, 0.25) is 0 Å². The number of ether oxygens (including phenoxy) is 1. The van der Waals surface area contributed by atoms with Crippen molar-refractivity contribution in [2.75, 3.05) is 0 Å². The van der Waals surface area contributed by atoms with Crippen LogP contribution in [-0.4, -0.2) is 16.3 Å². The van der Waals surface area contributed by atoms with Crippen molar-refractivity contribution in [3.05, 3.63) is 59.1 Å². The van der Waals surface area contributed by atoms with Gasteiger partial charge in [0.15, 0.2) is 0 Å². The van der Waals surface area contributed by atoms with E-state index in [4.69, 9.17) is 16.3 Å². The van der Waals surface area contributed by atoms with Crippen LogP contribution < -0.4 is 4.74 Å². The number of H-pyrrole nitrogens is 1. The van der Waals surface area contributed by atoms with Crippen molar-refractivity contribution in [1.29, 1.82) is 0 Å². The van der Waals surface area contributed by atoms with Crippen molar-refractivity contribution < 1.29 is 4.74 Å². The van der Waals surface area contributed by atoms with Crippen LogP contribution >= 0.6 is 11.6 Å². The van der Waals surface area contributed by atoms with Gasteiger partial charge in [-0.1, -0.05) is 49.7 Å². The first-order chi connectivity index (χ1) is 11.9. The lowest BCUT2D eigenvalue weighted by Gasteiger charge is -2.11. The Morgan fingerprint density at radius 1 is 0.920 bits per heavy atom. The van der Waals surface area contributed by atoms with Crippen LogP contribution in [0.4, 0.5) is 0 Å². The van der Waals surface area contributed by atoms with E-state index in [1.165, 1.54) is 5.56 Å². The molecule has 0 unspecified atom stereocenters. The lowest BCUT2D eigenvalue weighted by molar-refractivity contribution is 0.242. The molecular formula is C21H23ClN2O. The van der Waals surface area contributed by atoms with Crippen molar-refractivity contribution in [1.82, 2.24) is 10.2 Å². The van der Waals surface area contributed by atoms with Gasteiger partial charge >= 0.3 is 0 Å². The zero-order valence-electron chi connectivity index (χ0n) is 15.0. The molecule has 4 heteroatoms. The van der Waals surface area contributed by atoms with Gasteiger partial charge in [-0.3, -0.25) is 5.10 Å². The third kappa shape index (κ3) is 4.05. The number of hydrogen-bond donors (Lipinski definition) is 1. The maximum absolute atomic E-state index is 6.33. The fraction of sp³-hybridized carbons (Fsp3) is 0.286. The van der Waals surface area contributed by atoms with E-state index in [-0.39, 0.29) is 6.10 Å². The monoisotopic (exact) mass is 354 g/mol. The van der Waals surface area contributed by atoms with Crippen molar-refractivity contribution in [3.63, 3.8) is 0 Å². The summed E-state index contributed by atoms with van der Waals surface area (Å²) in [6, 6.07) is 16.4. The number of aromatic nitrogens is 2. The van der Waals surface area contributed by atoms with Crippen LogP contribution in [0.25, 0.3) is 22.5 Å². The number of benzene rings is 2. The minimum Gasteiger partial charge on any atom is -0.489 e. The summed E-state index contributed by atoms with van der Waals surface area (Å²) >= 11 is 6.33. The molecule has 0 aliphatic heterocycles. The van der Waals surface area contributed by atoms with E-state index in [9.17, 15) is 0 Å². The largest absolute Gasteiger partial charge is 0.489 e. The number of hydrogen-bond acceptors (Lipinski definition) is 2. The Morgan fingerprint density at radius 3 is 2.20 bits per heavy atom. The summed E-state index contributed by atoms with van der Waals surface area (Å²) in [5.41, 5.74) is 5.26. The second-order valence-corrected chi connectivity index (χ2v) is 7.16. The third-order valence-corrected chi connectivity index (χ3v) is 4.35. The molecule has 0 amide bonds. The summed E-state index contributed by atoms with van der Waals surface area (Å²) < 4.78 is 5.68. The molecule has 0 aliphatic carbocycles. The normalized spacial score (nSPS) is 11.3. The van der Waals surface area contributed by atoms with E-state index in [0.717, 1.165) is 22.5 Å². The molecule has 3 rings (SSSR count). The second-order valence-electron chi connectivity index (χ2n) is 6.76. The molecule has 0 aliphatic rings. The highest BCUT2D eigenvalue weighted by atomic mass is 35.5. The topological polar surface area (TPSA) is 37.9 Å². The first-order valence-electron chi connectivity index (χ1n) is 8.56. The summed E-state index contributed by atoms with van der Waals surface area (Å²) in [6.07, 6.45) is 0.0918. The molecule has 2 aromatic carbocycles. The number of rotatable bonds is 5. The van der Waals surface area contributed by atoms with Crippen LogP contribution in [0.3, 0.4) is 0 Å². The van der Waals surface area contributed by atoms with Crippen LogP contribution in [0, 0.1) is 0 Å². The molecule has 1 aromatic heterocycles. The van der Waals surface area contributed by atoms with E-state index in [2.05, 4.69) is 48.3 Å². The van der Waals surface area contributed by atoms with Crippen molar-refractivity contribution in [2.45, 2.75) is 39.7 Å². The van der Waals surface area contributed by atoms with Gasteiger partial charge in [0, 0.05) is 5.56 Å². The first-order valence-corrected chi connectivity index (χ1v) is 8.94. The minimum absolute atomic E-state index is 0.0918.